The van der Waals surface area contributed by atoms with E-state index in [1.54, 1.807) is 12.2 Å². The smallest absolute Gasteiger partial charge is 0.0825 e. The highest BCUT2D eigenvalue weighted by Crippen LogP contribution is 1.80. The molecule has 0 heterocycles. The predicted octanol–water partition coefficient (Wildman–Crippen LogP) is 0.397. The SMILES string of the molecule is C/C=C\C=C(\N)CO. The number of hydrogen-bond donors (Lipinski definition) is 2. The quantitative estimate of drug-likeness (QED) is 0.509. The van der Waals surface area contributed by atoms with Gasteiger partial charge in [-0.25, -0.2) is 0 Å². The minimum absolute atomic E-state index is 0.0651. The molecule has 0 rings (SSSR count). The average Bonchev–Trinajstić information content (AvgIpc) is 1.83. The van der Waals surface area contributed by atoms with Crippen LogP contribution in [0.1, 0.15) is 6.92 Å². The van der Waals surface area contributed by atoms with Gasteiger partial charge >= 0.3 is 0 Å². The molecule has 0 unspecified atom stereocenters. The molecule has 0 atom stereocenters. The normalized spacial score (nSPS) is 13.0. The summed E-state index contributed by atoms with van der Waals surface area (Å²) >= 11 is 0. The fourth-order valence-corrected chi connectivity index (χ4v) is 0.273. The van der Waals surface area contributed by atoms with E-state index < -0.39 is 0 Å². The standard InChI is InChI=1S/C6H11NO/c1-2-3-4-6(7)5-8/h2-4,8H,5,7H2,1H3/b3-2-,6-4+. The van der Waals surface area contributed by atoms with E-state index >= 15 is 0 Å². The summed E-state index contributed by atoms with van der Waals surface area (Å²) in [4.78, 5) is 0. The van der Waals surface area contributed by atoms with E-state index in [0.717, 1.165) is 0 Å². The molecule has 0 saturated heterocycles. The third kappa shape index (κ3) is 3.43. The van der Waals surface area contributed by atoms with Crippen LogP contribution in [0, 0.1) is 0 Å². The lowest BCUT2D eigenvalue weighted by molar-refractivity contribution is 0.330. The molecular formula is C6H11NO. The van der Waals surface area contributed by atoms with Gasteiger partial charge in [-0.2, -0.15) is 0 Å². The summed E-state index contributed by atoms with van der Waals surface area (Å²) in [5.74, 6) is 0. The number of aliphatic hydroxyl groups is 1. The Morgan fingerprint density at radius 3 is 2.75 bits per heavy atom. The molecule has 0 bridgehead atoms. The number of hydrogen-bond acceptors (Lipinski definition) is 2. The molecule has 0 aromatic rings. The number of allylic oxidation sites excluding steroid dienone is 3. The number of aliphatic hydroxyl groups excluding tert-OH is 1. The molecule has 0 aliphatic carbocycles. The lowest BCUT2D eigenvalue weighted by atomic mass is 10.4. The van der Waals surface area contributed by atoms with Gasteiger partial charge in [0.25, 0.3) is 0 Å². The van der Waals surface area contributed by atoms with Gasteiger partial charge in [0, 0.05) is 5.70 Å². The Hall–Kier alpha value is -0.760. The summed E-state index contributed by atoms with van der Waals surface area (Å²) in [5, 5.41) is 8.33. The molecule has 0 aromatic carbocycles. The van der Waals surface area contributed by atoms with Gasteiger partial charge in [0.1, 0.15) is 0 Å². The average molecular weight is 113 g/mol. The van der Waals surface area contributed by atoms with E-state index in [2.05, 4.69) is 0 Å². The monoisotopic (exact) mass is 113 g/mol. The van der Waals surface area contributed by atoms with Gasteiger partial charge in [0.05, 0.1) is 6.61 Å². The van der Waals surface area contributed by atoms with Crippen molar-refractivity contribution in [3.63, 3.8) is 0 Å². The molecule has 0 aromatic heterocycles. The maximum Gasteiger partial charge on any atom is 0.0825 e. The highest BCUT2D eigenvalue weighted by Gasteiger charge is 1.77. The molecular weight excluding hydrogens is 102 g/mol. The molecule has 0 fully saturated rings. The fraction of sp³-hybridized carbons (Fsp3) is 0.333. The first-order chi connectivity index (χ1) is 3.81. The second-order valence-corrected chi connectivity index (χ2v) is 1.43. The first-order valence-corrected chi connectivity index (χ1v) is 2.49. The van der Waals surface area contributed by atoms with Gasteiger partial charge < -0.3 is 10.8 Å². The van der Waals surface area contributed by atoms with Gasteiger partial charge in [-0.15, -0.1) is 0 Å². The Bertz CT molecular complexity index is 105. The van der Waals surface area contributed by atoms with Crippen molar-refractivity contribution in [1.29, 1.82) is 0 Å². The second-order valence-electron chi connectivity index (χ2n) is 1.43. The van der Waals surface area contributed by atoms with Gasteiger partial charge in [0.15, 0.2) is 0 Å². The molecule has 46 valence electrons. The third-order valence-corrected chi connectivity index (χ3v) is 0.685. The first kappa shape index (κ1) is 7.24. The van der Waals surface area contributed by atoms with Gasteiger partial charge in [-0.1, -0.05) is 12.2 Å². The van der Waals surface area contributed by atoms with Crippen LogP contribution >= 0.6 is 0 Å². The van der Waals surface area contributed by atoms with Crippen LogP contribution in [0.15, 0.2) is 23.9 Å². The summed E-state index contributed by atoms with van der Waals surface area (Å²) in [5.41, 5.74) is 5.71. The van der Waals surface area contributed by atoms with E-state index in [9.17, 15) is 0 Å². The maximum atomic E-state index is 8.33. The molecule has 0 radical (unpaired) electrons. The van der Waals surface area contributed by atoms with E-state index in [1.807, 2.05) is 13.0 Å². The Morgan fingerprint density at radius 2 is 2.38 bits per heavy atom. The van der Waals surface area contributed by atoms with E-state index in [0.29, 0.717) is 5.70 Å². The highest BCUT2D eigenvalue weighted by atomic mass is 16.3. The van der Waals surface area contributed by atoms with Gasteiger partial charge in [-0.3, -0.25) is 0 Å². The van der Waals surface area contributed by atoms with Gasteiger partial charge in [-0.05, 0) is 13.0 Å². The van der Waals surface area contributed by atoms with Crippen LogP contribution in [0.2, 0.25) is 0 Å². The van der Waals surface area contributed by atoms with Crippen molar-refractivity contribution in [2.45, 2.75) is 6.92 Å². The molecule has 3 N–H and O–H groups in total. The van der Waals surface area contributed by atoms with E-state index in [1.165, 1.54) is 0 Å². The summed E-state index contributed by atoms with van der Waals surface area (Å²) in [6.45, 7) is 1.82. The van der Waals surface area contributed by atoms with Crippen LogP contribution < -0.4 is 5.73 Å². The Labute approximate surface area is 49.3 Å². The summed E-state index contributed by atoms with van der Waals surface area (Å²) in [6, 6.07) is 0. The molecule has 0 aliphatic heterocycles. The molecule has 0 aliphatic rings. The summed E-state index contributed by atoms with van der Waals surface area (Å²) in [7, 11) is 0. The zero-order valence-electron chi connectivity index (χ0n) is 4.96. The number of rotatable bonds is 2. The molecule has 2 nitrogen and oxygen atoms in total. The first-order valence-electron chi connectivity index (χ1n) is 2.49. The van der Waals surface area contributed by atoms with Gasteiger partial charge in [0.2, 0.25) is 0 Å². The van der Waals surface area contributed by atoms with Crippen molar-refractivity contribution >= 4 is 0 Å². The van der Waals surface area contributed by atoms with Crippen LogP contribution in [0.5, 0.6) is 0 Å². The van der Waals surface area contributed by atoms with Crippen molar-refractivity contribution in [2.75, 3.05) is 6.61 Å². The van der Waals surface area contributed by atoms with Crippen LogP contribution in [0.25, 0.3) is 0 Å². The largest absolute Gasteiger partial charge is 0.400 e. The Kier molecular flexibility index (Phi) is 3.98. The van der Waals surface area contributed by atoms with Crippen molar-refractivity contribution in [3.8, 4) is 0 Å². The molecule has 0 amide bonds. The second kappa shape index (κ2) is 4.40. The summed E-state index contributed by atoms with van der Waals surface area (Å²) < 4.78 is 0. The molecule has 2 heteroatoms. The molecule has 8 heavy (non-hydrogen) atoms. The number of nitrogens with two attached hydrogens (primary N) is 1. The molecule has 0 saturated carbocycles. The van der Waals surface area contributed by atoms with Crippen molar-refractivity contribution in [1.82, 2.24) is 0 Å². The van der Waals surface area contributed by atoms with Crippen LogP contribution in [-0.2, 0) is 0 Å². The molecule has 0 spiro atoms. The zero-order chi connectivity index (χ0) is 6.41. The topological polar surface area (TPSA) is 46.2 Å². The maximum absolute atomic E-state index is 8.33. The highest BCUT2D eigenvalue weighted by molar-refractivity contribution is 5.08. The van der Waals surface area contributed by atoms with Crippen molar-refractivity contribution < 1.29 is 5.11 Å². The summed E-state index contributed by atoms with van der Waals surface area (Å²) in [6.07, 6.45) is 5.30. The van der Waals surface area contributed by atoms with Crippen molar-refractivity contribution in [3.05, 3.63) is 23.9 Å². The lowest BCUT2D eigenvalue weighted by Gasteiger charge is -1.87. The van der Waals surface area contributed by atoms with Crippen LogP contribution in [0.4, 0.5) is 0 Å². The minimum atomic E-state index is -0.0651. The van der Waals surface area contributed by atoms with Crippen LogP contribution in [-0.4, -0.2) is 11.7 Å². The lowest BCUT2D eigenvalue weighted by Crippen LogP contribution is -2.00. The van der Waals surface area contributed by atoms with Crippen LogP contribution in [0.3, 0.4) is 0 Å². The van der Waals surface area contributed by atoms with E-state index in [-0.39, 0.29) is 6.61 Å². The fourth-order valence-electron chi connectivity index (χ4n) is 0.273. The predicted molar refractivity (Wildman–Crippen MR) is 34.2 cm³/mol. The van der Waals surface area contributed by atoms with Crippen molar-refractivity contribution in [2.24, 2.45) is 5.73 Å². The Morgan fingerprint density at radius 1 is 1.75 bits per heavy atom. The zero-order valence-corrected chi connectivity index (χ0v) is 4.96. The third-order valence-electron chi connectivity index (χ3n) is 0.685. The minimum Gasteiger partial charge on any atom is -0.400 e. The van der Waals surface area contributed by atoms with E-state index in [4.69, 9.17) is 10.8 Å². The Balaban J connectivity index is 3.57.